The molecule has 0 bridgehead atoms. The zero-order valence-electron chi connectivity index (χ0n) is 17.6. The summed E-state index contributed by atoms with van der Waals surface area (Å²) in [7, 11) is 1.71. The molecule has 5 heteroatoms. The smallest absolute Gasteiger partial charge is 0.270 e. The van der Waals surface area contributed by atoms with E-state index in [0.717, 1.165) is 47.7 Å². The molecule has 1 fully saturated rings. The lowest BCUT2D eigenvalue weighted by molar-refractivity contribution is 0.263. The summed E-state index contributed by atoms with van der Waals surface area (Å²) < 4.78 is 7.33. The van der Waals surface area contributed by atoms with Crippen LogP contribution in [-0.4, -0.2) is 40.9 Å². The van der Waals surface area contributed by atoms with Crippen molar-refractivity contribution in [2.24, 2.45) is 7.05 Å². The fraction of sp³-hybridized carbons (Fsp3) is 0.360. The lowest BCUT2D eigenvalue weighted by Crippen LogP contribution is -2.24. The Kier molecular flexibility index (Phi) is 6.60. The van der Waals surface area contributed by atoms with Gasteiger partial charge in [-0.3, -0.25) is 4.79 Å². The minimum Gasteiger partial charge on any atom is -0.494 e. The van der Waals surface area contributed by atoms with Crippen molar-refractivity contribution >= 4 is 0 Å². The Hall–Kier alpha value is -2.92. The molecule has 0 atom stereocenters. The minimum absolute atomic E-state index is 0.0550. The molecular formula is C25H29N3O2. The predicted molar refractivity (Wildman–Crippen MR) is 120 cm³/mol. The molecule has 0 N–H and O–H groups in total. The summed E-state index contributed by atoms with van der Waals surface area (Å²) in [5.74, 6) is 0.870. The van der Waals surface area contributed by atoms with Crippen LogP contribution in [0.5, 0.6) is 5.75 Å². The van der Waals surface area contributed by atoms with Gasteiger partial charge >= 0.3 is 0 Å². The van der Waals surface area contributed by atoms with Gasteiger partial charge in [-0.1, -0.05) is 30.3 Å². The number of aromatic nitrogens is 2. The zero-order valence-corrected chi connectivity index (χ0v) is 17.6. The molecule has 2 heterocycles. The number of benzene rings is 2. The molecule has 1 saturated heterocycles. The fourth-order valence-corrected chi connectivity index (χ4v) is 3.96. The van der Waals surface area contributed by atoms with Crippen LogP contribution >= 0.6 is 0 Å². The summed E-state index contributed by atoms with van der Waals surface area (Å²) in [6, 6.07) is 19.9. The first-order valence-electron chi connectivity index (χ1n) is 10.8. The first-order chi connectivity index (χ1) is 14.7. The average Bonchev–Trinajstić information content (AvgIpc) is 3.29. The van der Waals surface area contributed by atoms with E-state index < -0.39 is 0 Å². The quantitative estimate of drug-likeness (QED) is 0.535. The second-order valence-corrected chi connectivity index (χ2v) is 7.92. The molecule has 5 nitrogen and oxygen atoms in total. The molecule has 0 amide bonds. The maximum absolute atomic E-state index is 12.5. The third kappa shape index (κ3) is 5.16. The summed E-state index contributed by atoms with van der Waals surface area (Å²) in [4.78, 5) is 15.0. The van der Waals surface area contributed by atoms with Gasteiger partial charge in [0, 0.05) is 31.1 Å². The summed E-state index contributed by atoms with van der Waals surface area (Å²) in [5.41, 5.74) is 3.58. The first-order valence-corrected chi connectivity index (χ1v) is 10.8. The first kappa shape index (κ1) is 20.4. The summed E-state index contributed by atoms with van der Waals surface area (Å²) >= 11 is 0. The highest BCUT2D eigenvalue weighted by atomic mass is 16.5. The molecule has 3 aromatic rings. The Balaban J connectivity index is 1.41. The van der Waals surface area contributed by atoms with Gasteiger partial charge in [-0.25, -0.2) is 4.68 Å². The number of hydrogen-bond donors (Lipinski definition) is 0. The van der Waals surface area contributed by atoms with E-state index in [-0.39, 0.29) is 5.56 Å². The minimum atomic E-state index is -0.0550. The Morgan fingerprint density at radius 1 is 1.00 bits per heavy atom. The van der Waals surface area contributed by atoms with Crippen molar-refractivity contribution in [1.82, 2.24) is 14.7 Å². The van der Waals surface area contributed by atoms with Gasteiger partial charge in [0.25, 0.3) is 5.56 Å². The van der Waals surface area contributed by atoms with Crippen molar-refractivity contribution < 1.29 is 4.74 Å². The van der Waals surface area contributed by atoms with Gasteiger partial charge in [0.05, 0.1) is 12.3 Å². The van der Waals surface area contributed by atoms with Crippen LogP contribution in [-0.2, 0) is 13.5 Å². The molecule has 0 saturated carbocycles. The summed E-state index contributed by atoms with van der Waals surface area (Å²) in [6.07, 6.45) is 4.30. The SMILES string of the molecule is Cn1nc(-c2ccc(OCCCN3CCCC3)cc2)cc(Cc2ccccc2)c1=O. The van der Waals surface area contributed by atoms with Gasteiger partial charge in [0.15, 0.2) is 0 Å². The van der Waals surface area contributed by atoms with Crippen LogP contribution in [0.25, 0.3) is 11.3 Å². The zero-order chi connectivity index (χ0) is 20.8. The van der Waals surface area contributed by atoms with Crippen molar-refractivity contribution in [1.29, 1.82) is 0 Å². The largest absolute Gasteiger partial charge is 0.494 e. The second kappa shape index (κ2) is 9.72. The van der Waals surface area contributed by atoms with E-state index in [4.69, 9.17) is 4.74 Å². The monoisotopic (exact) mass is 403 g/mol. The van der Waals surface area contributed by atoms with E-state index in [9.17, 15) is 4.79 Å². The molecule has 4 rings (SSSR count). The van der Waals surface area contributed by atoms with Crippen molar-refractivity contribution in [3.05, 3.63) is 82.1 Å². The van der Waals surface area contributed by atoms with Crippen LogP contribution in [0.4, 0.5) is 0 Å². The third-order valence-electron chi connectivity index (χ3n) is 5.61. The van der Waals surface area contributed by atoms with Crippen molar-refractivity contribution in [2.75, 3.05) is 26.2 Å². The van der Waals surface area contributed by atoms with Crippen LogP contribution in [0.15, 0.2) is 65.5 Å². The summed E-state index contributed by atoms with van der Waals surface area (Å²) in [5, 5.41) is 4.45. The summed E-state index contributed by atoms with van der Waals surface area (Å²) in [6.45, 7) is 4.31. The normalized spacial score (nSPS) is 14.2. The third-order valence-corrected chi connectivity index (χ3v) is 5.61. The van der Waals surface area contributed by atoms with Gasteiger partial charge in [0.2, 0.25) is 0 Å². The van der Waals surface area contributed by atoms with E-state index in [0.29, 0.717) is 6.42 Å². The molecule has 1 aliphatic rings. The lowest BCUT2D eigenvalue weighted by atomic mass is 10.0. The highest BCUT2D eigenvalue weighted by Gasteiger charge is 2.11. The highest BCUT2D eigenvalue weighted by Crippen LogP contribution is 2.21. The van der Waals surface area contributed by atoms with Crippen LogP contribution in [0.1, 0.15) is 30.4 Å². The lowest BCUT2D eigenvalue weighted by Gasteiger charge is -2.14. The number of nitrogens with zero attached hydrogens (tertiary/aromatic N) is 3. The molecule has 2 aromatic carbocycles. The van der Waals surface area contributed by atoms with Crippen LogP contribution in [0, 0.1) is 0 Å². The van der Waals surface area contributed by atoms with E-state index in [1.165, 1.54) is 30.6 Å². The van der Waals surface area contributed by atoms with Crippen LogP contribution < -0.4 is 10.3 Å². The maximum Gasteiger partial charge on any atom is 0.270 e. The van der Waals surface area contributed by atoms with Crippen LogP contribution in [0.2, 0.25) is 0 Å². The van der Waals surface area contributed by atoms with E-state index in [2.05, 4.69) is 10.00 Å². The van der Waals surface area contributed by atoms with E-state index in [1.54, 1.807) is 7.05 Å². The molecule has 0 unspecified atom stereocenters. The Morgan fingerprint density at radius 3 is 2.47 bits per heavy atom. The Morgan fingerprint density at radius 2 is 1.73 bits per heavy atom. The standard InChI is InChI=1S/C25H29N3O2/c1-27-25(29)22(18-20-8-3-2-4-9-20)19-24(26-27)21-10-12-23(13-11-21)30-17-7-16-28-14-5-6-15-28/h2-4,8-13,19H,5-7,14-18H2,1H3. The van der Waals surface area contributed by atoms with Crippen molar-refractivity contribution in [3.8, 4) is 17.0 Å². The molecule has 30 heavy (non-hydrogen) atoms. The molecule has 0 radical (unpaired) electrons. The Bertz CT molecular complexity index is 1010. The second-order valence-electron chi connectivity index (χ2n) is 7.92. The van der Waals surface area contributed by atoms with Gasteiger partial charge in [-0.05, 0) is 68.2 Å². The number of aryl methyl sites for hydroxylation is 1. The van der Waals surface area contributed by atoms with Crippen molar-refractivity contribution in [3.63, 3.8) is 0 Å². The molecule has 0 spiro atoms. The molecule has 0 aliphatic carbocycles. The van der Waals surface area contributed by atoms with Crippen molar-refractivity contribution in [2.45, 2.75) is 25.7 Å². The van der Waals surface area contributed by atoms with Gasteiger partial charge in [-0.15, -0.1) is 0 Å². The fourth-order valence-electron chi connectivity index (χ4n) is 3.96. The maximum atomic E-state index is 12.5. The van der Waals surface area contributed by atoms with Gasteiger partial charge in [-0.2, -0.15) is 5.10 Å². The van der Waals surface area contributed by atoms with E-state index >= 15 is 0 Å². The topological polar surface area (TPSA) is 47.4 Å². The predicted octanol–water partition coefficient (Wildman–Crippen LogP) is 3.90. The average molecular weight is 404 g/mol. The molecule has 1 aromatic heterocycles. The van der Waals surface area contributed by atoms with Crippen LogP contribution in [0.3, 0.4) is 0 Å². The van der Waals surface area contributed by atoms with Gasteiger partial charge < -0.3 is 9.64 Å². The number of rotatable bonds is 8. The Labute approximate surface area is 177 Å². The van der Waals surface area contributed by atoms with Gasteiger partial charge in [0.1, 0.15) is 5.75 Å². The molecule has 1 aliphatic heterocycles. The number of likely N-dealkylation sites (tertiary alicyclic amines) is 1. The number of hydrogen-bond acceptors (Lipinski definition) is 4. The number of ether oxygens (including phenoxy) is 1. The highest BCUT2D eigenvalue weighted by molar-refractivity contribution is 5.60. The van der Waals surface area contributed by atoms with E-state index in [1.807, 2.05) is 60.7 Å². The molecular weight excluding hydrogens is 374 g/mol. The molecule has 156 valence electrons.